The summed E-state index contributed by atoms with van der Waals surface area (Å²) in [6.07, 6.45) is 0. The minimum atomic E-state index is -3.73. The molecule has 160 valence electrons. The molecule has 1 N–H and O–H groups in total. The number of rotatable bonds is 6. The maximum absolute atomic E-state index is 12.6. The molecule has 9 heteroatoms. The highest BCUT2D eigenvalue weighted by atomic mass is 32.2. The van der Waals surface area contributed by atoms with E-state index < -0.39 is 15.8 Å². The predicted molar refractivity (Wildman–Crippen MR) is 115 cm³/mol. The first-order valence-electron chi connectivity index (χ1n) is 9.90. The number of nitrogens with zero attached hydrogens (tertiary/aromatic N) is 3. The Morgan fingerprint density at radius 3 is 2.33 bits per heavy atom. The van der Waals surface area contributed by atoms with Crippen LogP contribution in [0.2, 0.25) is 0 Å². The lowest BCUT2D eigenvalue weighted by atomic mass is 10.1. The fourth-order valence-corrected chi connectivity index (χ4v) is 4.60. The van der Waals surface area contributed by atoms with Crippen molar-refractivity contribution in [3.05, 3.63) is 64.1 Å². The van der Waals surface area contributed by atoms with E-state index in [1.54, 1.807) is 13.1 Å². The molecule has 0 unspecified atom stereocenters. The maximum atomic E-state index is 12.6. The standard InChI is InChI=1S/C21H26N4O4S/c1-23-9-11-25(12-10-23)15-17-5-3-16(4-6-17)14-22-30(27,28)18-7-8-19-20(13-18)29-21(26)24(19)2/h3-8,13,22H,9-12,14-15H2,1-2H3. The topological polar surface area (TPSA) is 87.8 Å². The molecule has 8 nitrogen and oxygen atoms in total. The normalized spacial score (nSPS) is 16.3. The van der Waals surface area contributed by atoms with Crippen molar-refractivity contribution < 1.29 is 12.8 Å². The summed E-state index contributed by atoms with van der Waals surface area (Å²) in [4.78, 5) is 16.4. The number of oxazole rings is 1. The molecule has 2 aromatic carbocycles. The zero-order valence-corrected chi connectivity index (χ0v) is 18.0. The van der Waals surface area contributed by atoms with Crippen LogP contribution in [0, 0.1) is 0 Å². The fraction of sp³-hybridized carbons (Fsp3) is 0.381. The molecule has 0 aliphatic carbocycles. The van der Waals surface area contributed by atoms with Gasteiger partial charge in [-0.15, -0.1) is 0 Å². The van der Waals surface area contributed by atoms with Crippen molar-refractivity contribution in [1.29, 1.82) is 0 Å². The summed E-state index contributed by atoms with van der Waals surface area (Å²) in [7, 11) is -0.00856. The minimum Gasteiger partial charge on any atom is -0.408 e. The van der Waals surface area contributed by atoms with E-state index in [-0.39, 0.29) is 17.0 Å². The smallest absolute Gasteiger partial charge is 0.408 e. The van der Waals surface area contributed by atoms with Crippen molar-refractivity contribution in [2.24, 2.45) is 7.05 Å². The summed E-state index contributed by atoms with van der Waals surface area (Å²) in [5.74, 6) is -0.524. The van der Waals surface area contributed by atoms with Gasteiger partial charge in [0.25, 0.3) is 0 Å². The predicted octanol–water partition coefficient (Wildman–Crippen LogP) is 1.36. The van der Waals surface area contributed by atoms with Gasteiger partial charge in [-0.05, 0) is 30.3 Å². The number of hydrogen-bond acceptors (Lipinski definition) is 6. The third-order valence-corrected chi connectivity index (χ3v) is 6.96. The van der Waals surface area contributed by atoms with E-state index in [1.807, 2.05) is 24.3 Å². The largest absolute Gasteiger partial charge is 0.419 e. The van der Waals surface area contributed by atoms with Crippen LogP contribution < -0.4 is 10.5 Å². The molecule has 0 spiro atoms. The van der Waals surface area contributed by atoms with Gasteiger partial charge in [0.15, 0.2) is 5.58 Å². The van der Waals surface area contributed by atoms with E-state index in [2.05, 4.69) is 21.6 Å². The van der Waals surface area contributed by atoms with Crippen molar-refractivity contribution in [3.63, 3.8) is 0 Å². The van der Waals surface area contributed by atoms with Gasteiger partial charge in [0, 0.05) is 52.4 Å². The van der Waals surface area contributed by atoms with E-state index in [1.165, 1.54) is 22.3 Å². The van der Waals surface area contributed by atoms with Gasteiger partial charge in [0.2, 0.25) is 10.0 Å². The Morgan fingerprint density at radius 2 is 1.63 bits per heavy atom. The molecule has 30 heavy (non-hydrogen) atoms. The third kappa shape index (κ3) is 4.49. The van der Waals surface area contributed by atoms with Crippen LogP contribution in [0.25, 0.3) is 11.1 Å². The fourth-order valence-electron chi connectivity index (χ4n) is 3.57. The second-order valence-corrected chi connectivity index (χ2v) is 9.54. The quantitative estimate of drug-likeness (QED) is 0.635. The van der Waals surface area contributed by atoms with Crippen molar-refractivity contribution >= 4 is 21.1 Å². The molecule has 1 aliphatic heterocycles. The molecular weight excluding hydrogens is 404 g/mol. The first-order valence-corrected chi connectivity index (χ1v) is 11.4. The van der Waals surface area contributed by atoms with Crippen LogP contribution in [0.15, 0.2) is 56.6 Å². The molecule has 0 bridgehead atoms. The number of aromatic nitrogens is 1. The average molecular weight is 431 g/mol. The Balaban J connectivity index is 1.39. The molecule has 3 aromatic rings. The summed E-state index contributed by atoms with van der Waals surface area (Å²) in [6.45, 7) is 5.37. The van der Waals surface area contributed by atoms with E-state index in [4.69, 9.17) is 4.42 Å². The number of likely N-dealkylation sites (N-methyl/N-ethyl adjacent to an activating group) is 1. The number of benzene rings is 2. The summed E-state index contributed by atoms with van der Waals surface area (Å²) >= 11 is 0. The first-order chi connectivity index (χ1) is 14.3. The second-order valence-electron chi connectivity index (χ2n) is 7.78. The number of piperazine rings is 1. The zero-order valence-electron chi connectivity index (χ0n) is 17.2. The van der Waals surface area contributed by atoms with Crippen LogP contribution in [-0.4, -0.2) is 56.0 Å². The van der Waals surface area contributed by atoms with Crippen molar-refractivity contribution in [3.8, 4) is 0 Å². The van der Waals surface area contributed by atoms with Gasteiger partial charge in [0.05, 0.1) is 10.4 Å². The van der Waals surface area contributed by atoms with Crippen LogP contribution >= 0.6 is 0 Å². The Morgan fingerprint density at radius 1 is 0.967 bits per heavy atom. The lowest BCUT2D eigenvalue weighted by Gasteiger charge is -2.32. The summed E-state index contributed by atoms with van der Waals surface area (Å²) in [6, 6.07) is 12.4. The molecular formula is C21H26N4O4S. The van der Waals surface area contributed by atoms with Gasteiger partial charge in [-0.2, -0.15) is 0 Å². The van der Waals surface area contributed by atoms with E-state index >= 15 is 0 Å². The van der Waals surface area contributed by atoms with Crippen molar-refractivity contribution in [2.45, 2.75) is 18.0 Å². The Kier molecular flexibility index (Phi) is 5.79. The third-order valence-electron chi connectivity index (χ3n) is 5.57. The summed E-state index contributed by atoms with van der Waals surface area (Å²) < 4.78 is 34.3. The lowest BCUT2D eigenvalue weighted by Crippen LogP contribution is -2.43. The SMILES string of the molecule is CN1CCN(Cc2ccc(CNS(=O)(=O)c3ccc4c(c3)oc(=O)n4C)cc2)CC1. The second kappa shape index (κ2) is 8.35. The van der Waals surface area contributed by atoms with Gasteiger partial charge in [-0.25, -0.2) is 17.9 Å². The maximum Gasteiger partial charge on any atom is 0.419 e. The molecule has 0 saturated carbocycles. The van der Waals surface area contributed by atoms with Crippen molar-refractivity contribution in [1.82, 2.24) is 19.1 Å². The number of hydrogen-bond donors (Lipinski definition) is 1. The monoisotopic (exact) mass is 430 g/mol. The molecule has 4 rings (SSSR count). The number of fused-ring (bicyclic) bond motifs is 1. The van der Waals surface area contributed by atoms with Crippen molar-refractivity contribution in [2.75, 3.05) is 33.2 Å². The minimum absolute atomic E-state index is 0.0658. The molecule has 1 fully saturated rings. The molecule has 1 aromatic heterocycles. The zero-order chi connectivity index (χ0) is 21.3. The summed E-state index contributed by atoms with van der Waals surface area (Å²) in [5.41, 5.74) is 2.90. The molecule has 1 saturated heterocycles. The lowest BCUT2D eigenvalue weighted by molar-refractivity contribution is 0.148. The first kappa shape index (κ1) is 20.8. The molecule has 1 aliphatic rings. The van der Waals surface area contributed by atoms with Gasteiger partial charge in [-0.3, -0.25) is 9.47 Å². The van der Waals surface area contributed by atoms with Crippen LogP contribution in [0.1, 0.15) is 11.1 Å². The number of sulfonamides is 1. The Labute approximate surface area is 175 Å². The molecule has 0 amide bonds. The van der Waals surface area contributed by atoms with Crippen LogP contribution in [0.3, 0.4) is 0 Å². The average Bonchev–Trinajstić information content (AvgIpc) is 3.02. The van der Waals surface area contributed by atoms with Gasteiger partial charge in [-0.1, -0.05) is 24.3 Å². The van der Waals surface area contributed by atoms with Crippen LogP contribution in [0.5, 0.6) is 0 Å². The highest BCUT2D eigenvalue weighted by Crippen LogP contribution is 2.18. The molecule has 2 heterocycles. The number of nitrogens with one attached hydrogen (secondary N) is 1. The Bertz CT molecular complexity index is 1190. The van der Waals surface area contributed by atoms with Gasteiger partial charge >= 0.3 is 5.76 Å². The van der Waals surface area contributed by atoms with Crippen LogP contribution in [-0.2, 0) is 30.2 Å². The van der Waals surface area contributed by atoms with Crippen LogP contribution in [0.4, 0.5) is 0 Å². The van der Waals surface area contributed by atoms with E-state index in [0.29, 0.717) is 5.52 Å². The van der Waals surface area contributed by atoms with E-state index in [0.717, 1.165) is 38.3 Å². The van der Waals surface area contributed by atoms with Gasteiger partial charge in [0.1, 0.15) is 0 Å². The molecule has 0 atom stereocenters. The Hall–Kier alpha value is -2.46. The number of aryl methyl sites for hydroxylation is 1. The molecule has 0 radical (unpaired) electrons. The van der Waals surface area contributed by atoms with E-state index in [9.17, 15) is 13.2 Å². The highest BCUT2D eigenvalue weighted by Gasteiger charge is 2.17. The summed E-state index contributed by atoms with van der Waals surface area (Å²) in [5, 5.41) is 0. The van der Waals surface area contributed by atoms with Gasteiger partial charge < -0.3 is 9.32 Å². The highest BCUT2D eigenvalue weighted by molar-refractivity contribution is 7.89.